The Labute approximate surface area is 220 Å². The molecule has 0 aliphatic carbocycles. The second-order valence-corrected chi connectivity index (χ2v) is 10.7. The molecule has 0 aliphatic rings. The van der Waals surface area contributed by atoms with E-state index in [9.17, 15) is 9.18 Å². The third-order valence-corrected chi connectivity index (χ3v) is 6.85. The zero-order valence-corrected chi connectivity index (χ0v) is 22.2. The molecule has 196 valence electrons. The minimum atomic E-state index is -0.630. The van der Waals surface area contributed by atoms with Gasteiger partial charge in [0.05, 0.1) is 23.9 Å². The highest BCUT2D eigenvalue weighted by Gasteiger charge is 2.34. The maximum absolute atomic E-state index is 13.8. The minimum absolute atomic E-state index is 0.219. The van der Waals surface area contributed by atoms with Crippen molar-refractivity contribution < 1.29 is 8.81 Å². The van der Waals surface area contributed by atoms with Gasteiger partial charge in [-0.05, 0) is 97.5 Å². The van der Waals surface area contributed by atoms with Crippen LogP contribution < -0.4 is 5.56 Å². The fraction of sp³-hybridized carbons (Fsp3) is 0.310. The van der Waals surface area contributed by atoms with E-state index in [1.807, 2.05) is 65.0 Å². The molecular weight excluding hydrogens is 483 g/mol. The van der Waals surface area contributed by atoms with Crippen molar-refractivity contribution in [3.63, 3.8) is 0 Å². The monoisotopic (exact) mass is 514 g/mol. The first-order valence-corrected chi connectivity index (χ1v) is 12.5. The highest BCUT2D eigenvalue weighted by atomic mass is 19.1. The van der Waals surface area contributed by atoms with Gasteiger partial charge in [0.1, 0.15) is 17.6 Å². The Morgan fingerprint density at radius 1 is 1.08 bits per heavy atom. The molecule has 0 fully saturated rings. The third-order valence-electron chi connectivity index (χ3n) is 6.85. The molecule has 0 aliphatic heterocycles. The number of nitrogens with zero attached hydrogens (tertiary/aromatic N) is 5. The zero-order chi connectivity index (χ0) is 27.0. The molecule has 2 aromatic carbocycles. The molecule has 3 heterocycles. The highest BCUT2D eigenvalue weighted by Crippen LogP contribution is 2.32. The van der Waals surface area contributed by atoms with Crippen LogP contribution in [-0.4, -0.2) is 30.1 Å². The van der Waals surface area contributed by atoms with Gasteiger partial charge in [-0.1, -0.05) is 24.3 Å². The van der Waals surface area contributed by atoms with Crippen LogP contribution >= 0.6 is 0 Å². The van der Waals surface area contributed by atoms with E-state index in [1.54, 1.807) is 23.1 Å². The van der Waals surface area contributed by atoms with Crippen molar-refractivity contribution in [3.8, 4) is 0 Å². The number of fused-ring (bicyclic) bond motifs is 1. The molecule has 38 heavy (non-hydrogen) atoms. The van der Waals surface area contributed by atoms with Crippen LogP contribution in [0.15, 0.2) is 70.1 Å². The van der Waals surface area contributed by atoms with Crippen LogP contribution in [0.2, 0.25) is 0 Å². The summed E-state index contributed by atoms with van der Waals surface area (Å²) in [6, 6.07) is 15.4. The number of pyridine rings is 1. The van der Waals surface area contributed by atoms with Crippen LogP contribution in [-0.2, 0) is 18.6 Å². The molecule has 9 heteroatoms. The van der Waals surface area contributed by atoms with Crippen LogP contribution in [0.1, 0.15) is 60.7 Å². The van der Waals surface area contributed by atoms with Crippen molar-refractivity contribution in [1.82, 2.24) is 30.1 Å². The first kappa shape index (κ1) is 25.5. The fourth-order valence-corrected chi connectivity index (χ4v) is 4.75. The molecule has 0 amide bonds. The number of aromatic nitrogens is 5. The molecule has 0 spiro atoms. The molecule has 0 saturated carbocycles. The first-order valence-electron chi connectivity index (χ1n) is 12.5. The Bertz CT molecular complexity index is 1610. The third kappa shape index (κ3) is 5.02. The van der Waals surface area contributed by atoms with Gasteiger partial charge >= 0.3 is 0 Å². The van der Waals surface area contributed by atoms with Gasteiger partial charge in [0, 0.05) is 12.1 Å². The molecule has 0 unspecified atom stereocenters. The van der Waals surface area contributed by atoms with Crippen LogP contribution in [0.25, 0.3) is 10.9 Å². The van der Waals surface area contributed by atoms with Gasteiger partial charge in [-0.15, -0.1) is 5.10 Å². The van der Waals surface area contributed by atoms with E-state index in [4.69, 9.17) is 4.42 Å². The predicted octanol–water partition coefficient (Wildman–Crippen LogP) is 5.41. The van der Waals surface area contributed by atoms with Crippen LogP contribution in [0.5, 0.6) is 0 Å². The Balaban J connectivity index is 1.73. The van der Waals surface area contributed by atoms with Crippen molar-refractivity contribution in [3.05, 3.63) is 111 Å². The highest BCUT2D eigenvalue weighted by molar-refractivity contribution is 5.83. The summed E-state index contributed by atoms with van der Waals surface area (Å²) in [5, 5.41) is 13.6. The molecule has 0 radical (unpaired) electrons. The number of aromatic amines is 1. The number of aryl methyl sites for hydroxylation is 2. The quantitative estimate of drug-likeness (QED) is 0.312. The topological polar surface area (TPSA) is 92.8 Å². The van der Waals surface area contributed by atoms with Gasteiger partial charge in [-0.3, -0.25) is 9.69 Å². The summed E-state index contributed by atoms with van der Waals surface area (Å²) in [4.78, 5) is 19.0. The second kappa shape index (κ2) is 9.98. The van der Waals surface area contributed by atoms with E-state index in [0.717, 1.165) is 33.4 Å². The molecule has 0 saturated heterocycles. The zero-order valence-electron chi connectivity index (χ0n) is 22.2. The van der Waals surface area contributed by atoms with Gasteiger partial charge in [0.15, 0.2) is 5.82 Å². The van der Waals surface area contributed by atoms with Crippen molar-refractivity contribution in [2.45, 2.75) is 59.3 Å². The molecule has 5 rings (SSSR count). The number of halogens is 1. The lowest BCUT2D eigenvalue weighted by Gasteiger charge is -2.32. The summed E-state index contributed by atoms with van der Waals surface area (Å²) in [5.74, 6) is 0.937. The van der Waals surface area contributed by atoms with E-state index in [0.29, 0.717) is 24.5 Å². The molecule has 8 nitrogen and oxygen atoms in total. The second-order valence-electron chi connectivity index (χ2n) is 10.7. The SMILES string of the molecule is Cc1ccc2cc([C@@H](c3nnnn3C(C)(C)C)N(Cc3ccc(F)cc3)Cc3ccco3)c(=O)[nH]c2c1C. The van der Waals surface area contributed by atoms with Crippen LogP contribution in [0.4, 0.5) is 4.39 Å². The molecule has 5 aromatic rings. The lowest BCUT2D eigenvalue weighted by molar-refractivity contribution is 0.171. The summed E-state index contributed by atoms with van der Waals surface area (Å²) in [5.41, 5.74) is 3.66. The lowest BCUT2D eigenvalue weighted by Crippen LogP contribution is -2.37. The predicted molar refractivity (Wildman–Crippen MR) is 143 cm³/mol. The van der Waals surface area contributed by atoms with Crippen molar-refractivity contribution in [2.24, 2.45) is 0 Å². The number of nitrogens with one attached hydrogen (secondary N) is 1. The Morgan fingerprint density at radius 2 is 1.84 bits per heavy atom. The smallest absolute Gasteiger partial charge is 0.253 e. The molecule has 0 bridgehead atoms. The lowest BCUT2D eigenvalue weighted by atomic mass is 9.99. The Morgan fingerprint density at radius 3 is 2.53 bits per heavy atom. The number of H-pyrrole nitrogens is 1. The summed E-state index contributed by atoms with van der Waals surface area (Å²) in [7, 11) is 0. The molecule has 3 aromatic heterocycles. The fourth-order valence-electron chi connectivity index (χ4n) is 4.75. The number of rotatable bonds is 7. The van der Waals surface area contributed by atoms with E-state index >= 15 is 0 Å². The summed E-state index contributed by atoms with van der Waals surface area (Å²) >= 11 is 0. The van der Waals surface area contributed by atoms with Crippen molar-refractivity contribution in [1.29, 1.82) is 0 Å². The largest absolute Gasteiger partial charge is 0.468 e. The molecular formula is C29H31FN6O2. The van der Waals surface area contributed by atoms with E-state index < -0.39 is 11.6 Å². The van der Waals surface area contributed by atoms with E-state index in [2.05, 4.69) is 25.4 Å². The average molecular weight is 515 g/mol. The van der Waals surface area contributed by atoms with Crippen molar-refractivity contribution in [2.75, 3.05) is 0 Å². The van der Waals surface area contributed by atoms with Gasteiger partial charge in [0.2, 0.25) is 0 Å². The standard InChI is InChI=1S/C29H31FN6O2/c1-18-8-11-21-15-24(28(37)31-25(21)19(18)2)26(27-32-33-34-36(27)29(3,4)5)35(17-23-7-6-14-38-23)16-20-9-12-22(30)13-10-20/h6-15,26H,16-17H2,1-5H3,(H,31,37)/t26-/m0/s1. The number of hydrogen-bond donors (Lipinski definition) is 1. The van der Waals surface area contributed by atoms with Crippen LogP contribution in [0.3, 0.4) is 0 Å². The number of furan rings is 1. The maximum atomic E-state index is 13.8. The number of tetrazole rings is 1. The Hall–Kier alpha value is -4.11. The minimum Gasteiger partial charge on any atom is -0.468 e. The summed E-state index contributed by atoms with van der Waals surface area (Å²) in [6.45, 7) is 10.8. The van der Waals surface area contributed by atoms with Crippen molar-refractivity contribution >= 4 is 10.9 Å². The Kier molecular flexibility index (Phi) is 6.71. The summed E-state index contributed by atoms with van der Waals surface area (Å²) in [6.07, 6.45) is 1.62. The van der Waals surface area contributed by atoms with E-state index in [-0.39, 0.29) is 11.4 Å². The van der Waals surface area contributed by atoms with Crippen LogP contribution in [0, 0.1) is 19.7 Å². The van der Waals surface area contributed by atoms with Gasteiger partial charge in [-0.25, -0.2) is 9.07 Å². The molecule has 1 atom stereocenters. The van der Waals surface area contributed by atoms with Gasteiger partial charge in [0.25, 0.3) is 5.56 Å². The average Bonchev–Trinajstić information content (AvgIpc) is 3.56. The summed E-state index contributed by atoms with van der Waals surface area (Å²) < 4.78 is 21.2. The number of benzene rings is 2. The molecule has 1 N–H and O–H groups in total. The number of hydrogen-bond acceptors (Lipinski definition) is 6. The van der Waals surface area contributed by atoms with Gasteiger partial charge in [-0.2, -0.15) is 0 Å². The maximum Gasteiger partial charge on any atom is 0.253 e. The first-order chi connectivity index (χ1) is 18.1. The normalized spacial score (nSPS) is 12.9. The van der Waals surface area contributed by atoms with Gasteiger partial charge < -0.3 is 9.40 Å². The van der Waals surface area contributed by atoms with E-state index in [1.165, 1.54) is 12.1 Å².